The average molecular weight is 351 g/mol. The minimum absolute atomic E-state index is 0.0214. The number of nitrogens with zero attached hydrogens (tertiary/aromatic N) is 1. The fraction of sp³-hybridized carbons (Fsp3) is 0.529. The number of carbonyl (C=O) groups excluding carboxylic acids is 3. The summed E-state index contributed by atoms with van der Waals surface area (Å²) in [5, 5.41) is 0. The average Bonchev–Trinajstić information content (AvgIpc) is 3.39. The summed E-state index contributed by atoms with van der Waals surface area (Å²) in [5.74, 6) is -2.61. The van der Waals surface area contributed by atoms with Gasteiger partial charge in [0, 0.05) is 12.2 Å². The molecule has 0 atom stereocenters. The van der Waals surface area contributed by atoms with Crippen LogP contribution in [-0.4, -0.2) is 42.3 Å². The molecule has 136 valence electrons. The topological polar surface area (TPSA) is 101 Å². The molecule has 0 aromatic carbocycles. The van der Waals surface area contributed by atoms with Crippen LogP contribution in [0.25, 0.3) is 0 Å². The molecule has 0 N–H and O–H groups in total. The van der Waals surface area contributed by atoms with Crippen LogP contribution in [0, 0.1) is 0 Å². The molecule has 0 bridgehead atoms. The van der Waals surface area contributed by atoms with Gasteiger partial charge in [0.25, 0.3) is 0 Å². The van der Waals surface area contributed by atoms with Crippen LogP contribution >= 0.6 is 0 Å². The Morgan fingerprint density at radius 2 is 1.48 bits per heavy atom. The van der Waals surface area contributed by atoms with E-state index < -0.39 is 28.9 Å². The van der Waals surface area contributed by atoms with Gasteiger partial charge in [0.2, 0.25) is 5.43 Å². The lowest BCUT2D eigenvalue weighted by Gasteiger charge is -2.16. The number of hydrogen-bond donors (Lipinski definition) is 0. The molecule has 1 aliphatic rings. The summed E-state index contributed by atoms with van der Waals surface area (Å²) in [6, 6.07) is -0.0821. The molecule has 25 heavy (non-hydrogen) atoms. The Morgan fingerprint density at radius 1 is 0.960 bits per heavy atom. The summed E-state index contributed by atoms with van der Waals surface area (Å²) in [4.78, 5) is 49.5. The van der Waals surface area contributed by atoms with E-state index in [9.17, 15) is 19.2 Å². The van der Waals surface area contributed by atoms with Gasteiger partial charge in [-0.15, -0.1) is 0 Å². The van der Waals surface area contributed by atoms with Crippen molar-refractivity contribution < 1.29 is 28.6 Å². The van der Waals surface area contributed by atoms with Gasteiger partial charge in [0.15, 0.2) is 0 Å². The van der Waals surface area contributed by atoms with E-state index in [2.05, 4.69) is 0 Å². The Balaban J connectivity index is 2.73. The standard InChI is InChI=1S/C17H21NO7/c1-4-23-15(20)11-9-18(10-7-8-10)13(17(22)25-6-3)12(14(11)19)16(21)24-5-2/h9-10H,4-8H2,1-3H3. The van der Waals surface area contributed by atoms with E-state index in [-0.39, 0.29) is 37.1 Å². The molecule has 0 saturated heterocycles. The first kappa shape index (κ1) is 18.7. The Hall–Kier alpha value is -2.64. The summed E-state index contributed by atoms with van der Waals surface area (Å²) >= 11 is 0. The minimum atomic E-state index is -0.962. The van der Waals surface area contributed by atoms with Gasteiger partial charge in [-0.2, -0.15) is 0 Å². The van der Waals surface area contributed by atoms with Crippen LogP contribution in [0.2, 0.25) is 0 Å². The molecule has 0 aliphatic heterocycles. The Labute approximate surface area is 144 Å². The van der Waals surface area contributed by atoms with Gasteiger partial charge in [-0.05, 0) is 33.6 Å². The first-order chi connectivity index (χ1) is 12.0. The van der Waals surface area contributed by atoms with Gasteiger partial charge in [0.05, 0.1) is 19.8 Å². The molecule has 2 rings (SSSR count). The molecule has 8 nitrogen and oxygen atoms in total. The lowest BCUT2D eigenvalue weighted by molar-refractivity contribution is 0.0461. The quantitative estimate of drug-likeness (QED) is 0.544. The number of rotatable bonds is 7. The molecule has 1 aromatic heterocycles. The van der Waals surface area contributed by atoms with Crippen LogP contribution in [0.15, 0.2) is 11.0 Å². The second kappa shape index (κ2) is 7.96. The molecular formula is C17H21NO7. The Kier molecular flexibility index (Phi) is 5.95. The number of hydrogen-bond acceptors (Lipinski definition) is 7. The summed E-state index contributed by atoms with van der Waals surface area (Å²) in [5.41, 5.74) is -1.86. The van der Waals surface area contributed by atoms with E-state index in [1.165, 1.54) is 10.8 Å². The zero-order valence-corrected chi connectivity index (χ0v) is 14.5. The zero-order chi connectivity index (χ0) is 18.6. The third kappa shape index (κ3) is 3.89. The molecule has 1 heterocycles. The van der Waals surface area contributed by atoms with Gasteiger partial charge in [-0.25, -0.2) is 14.4 Å². The van der Waals surface area contributed by atoms with Crippen LogP contribution in [0.4, 0.5) is 0 Å². The van der Waals surface area contributed by atoms with E-state index >= 15 is 0 Å². The molecule has 8 heteroatoms. The van der Waals surface area contributed by atoms with Gasteiger partial charge in [-0.1, -0.05) is 0 Å². The summed E-state index contributed by atoms with van der Waals surface area (Å²) in [7, 11) is 0. The van der Waals surface area contributed by atoms with E-state index in [0.29, 0.717) is 0 Å². The van der Waals surface area contributed by atoms with Crippen molar-refractivity contribution in [2.24, 2.45) is 0 Å². The molecule has 1 aromatic rings. The largest absolute Gasteiger partial charge is 0.462 e. The van der Waals surface area contributed by atoms with Crippen molar-refractivity contribution in [1.82, 2.24) is 4.57 Å². The lowest BCUT2D eigenvalue weighted by Crippen LogP contribution is -2.32. The molecule has 1 aliphatic carbocycles. The van der Waals surface area contributed by atoms with Crippen molar-refractivity contribution in [2.45, 2.75) is 39.7 Å². The highest BCUT2D eigenvalue weighted by Crippen LogP contribution is 2.36. The monoisotopic (exact) mass is 351 g/mol. The number of carbonyl (C=O) groups is 3. The zero-order valence-electron chi connectivity index (χ0n) is 14.5. The number of aromatic nitrogens is 1. The Morgan fingerprint density at radius 3 is 2.00 bits per heavy atom. The number of ether oxygens (including phenoxy) is 3. The predicted molar refractivity (Wildman–Crippen MR) is 86.8 cm³/mol. The van der Waals surface area contributed by atoms with E-state index in [4.69, 9.17) is 14.2 Å². The highest BCUT2D eigenvalue weighted by molar-refractivity contribution is 6.04. The van der Waals surface area contributed by atoms with Crippen molar-refractivity contribution in [1.29, 1.82) is 0 Å². The highest BCUT2D eigenvalue weighted by Gasteiger charge is 2.35. The maximum Gasteiger partial charge on any atom is 0.356 e. The van der Waals surface area contributed by atoms with Crippen molar-refractivity contribution in [3.05, 3.63) is 33.2 Å². The molecule has 0 amide bonds. The van der Waals surface area contributed by atoms with Crippen molar-refractivity contribution in [3.8, 4) is 0 Å². The molecule has 1 fully saturated rings. The van der Waals surface area contributed by atoms with Gasteiger partial charge in [0.1, 0.15) is 16.8 Å². The summed E-state index contributed by atoms with van der Waals surface area (Å²) in [6.45, 7) is 4.99. The van der Waals surface area contributed by atoms with Gasteiger partial charge >= 0.3 is 17.9 Å². The Bertz CT molecular complexity index is 746. The first-order valence-corrected chi connectivity index (χ1v) is 8.26. The fourth-order valence-electron chi connectivity index (χ4n) is 2.43. The minimum Gasteiger partial charge on any atom is -0.462 e. The number of pyridine rings is 1. The molecule has 0 unspecified atom stereocenters. The van der Waals surface area contributed by atoms with Gasteiger partial charge < -0.3 is 18.8 Å². The highest BCUT2D eigenvalue weighted by atomic mass is 16.5. The van der Waals surface area contributed by atoms with Crippen LogP contribution in [-0.2, 0) is 14.2 Å². The van der Waals surface area contributed by atoms with Crippen LogP contribution < -0.4 is 5.43 Å². The second-order valence-electron chi connectivity index (χ2n) is 5.40. The summed E-state index contributed by atoms with van der Waals surface area (Å²) < 4.78 is 16.3. The van der Waals surface area contributed by atoms with Crippen molar-refractivity contribution in [3.63, 3.8) is 0 Å². The molecule has 1 saturated carbocycles. The third-order valence-electron chi connectivity index (χ3n) is 3.62. The lowest BCUT2D eigenvalue weighted by atomic mass is 10.1. The van der Waals surface area contributed by atoms with Crippen LogP contribution in [0.3, 0.4) is 0 Å². The fourth-order valence-corrected chi connectivity index (χ4v) is 2.43. The summed E-state index contributed by atoms with van der Waals surface area (Å²) in [6.07, 6.45) is 2.80. The van der Waals surface area contributed by atoms with Crippen LogP contribution in [0.1, 0.15) is 70.9 Å². The predicted octanol–water partition coefficient (Wildman–Crippen LogP) is 1.71. The normalized spacial score (nSPS) is 13.2. The van der Waals surface area contributed by atoms with E-state index in [1.54, 1.807) is 20.8 Å². The van der Waals surface area contributed by atoms with E-state index in [1.807, 2.05) is 0 Å². The number of esters is 3. The second-order valence-corrected chi connectivity index (χ2v) is 5.40. The van der Waals surface area contributed by atoms with Crippen molar-refractivity contribution >= 4 is 17.9 Å². The van der Waals surface area contributed by atoms with Crippen molar-refractivity contribution in [2.75, 3.05) is 19.8 Å². The smallest absolute Gasteiger partial charge is 0.356 e. The SMILES string of the molecule is CCOC(=O)c1cn(C2CC2)c(C(=O)OCC)c(C(=O)OCC)c1=O. The molecular weight excluding hydrogens is 330 g/mol. The third-order valence-corrected chi connectivity index (χ3v) is 3.62. The van der Waals surface area contributed by atoms with Gasteiger partial charge in [-0.3, -0.25) is 4.79 Å². The molecule has 0 spiro atoms. The van der Waals surface area contributed by atoms with E-state index in [0.717, 1.165) is 12.8 Å². The van der Waals surface area contributed by atoms with Crippen LogP contribution in [0.5, 0.6) is 0 Å². The maximum absolute atomic E-state index is 12.7. The first-order valence-electron chi connectivity index (χ1n) is 8.26. The maximum atomic E-state index is 12.7. The molecule has 0 radical (unpaired) electrons.